The summed E-state index contributed by atoms with van der Waals surface area (Å²) in [6.07, 6.45) is 0.681. The molecule has 0 saturated carbocycles. The zero-order valence-corrected chi connectivity index (χ0v) is 13.8. The van der Waals surface area contributed by atoms with Gasteiger partial charge >= 0.3 is 0 Å². The zero-order valence-electron chi connectivity index (χ0n) is 13.8. The first-order valence-electron chi connectivity index (χ1n) is 8.01. The van der Waals surface area contributed by atoms with Crippen LogP contribution in [-0.4, -0.2) is 58.8 Å². The lowest BCUT2D eigenvalue weighted by molar-refractivity contribution is -0.915. The fraction of sp³-hybridized carbons (Fsp3) is 0.647. The van der Waals surface area contributed by atoms with Gasteiger partial charge in [-0.15, -0.1) is 0 Å². The molecule has 3 atom stereocenters. The Morgan fingerprint density at radius 2 is 1.73 bits per heavy atom. The lowest BCUT2D eigenvalue weighted by Gasteiger charge is -2.32. The number of nitrogens with one attached hydrogen (secondary N) is 1. The molecule has 0 amide bonds. The second-order valence-electron chi connectivity index (χ2n) is 5.78. The molecular formula is C17H28NO4+. The molecule has 1 aliphatic rings. The van der Waals surface area contributed by atoms with Gasteiger partial charge in [0.2, 0.25) is 0 Å². The van der Waals surface area contributed by atoms with E-state index in [2.05, 4.69) is 13.8 Å². The lowest BCUT2D eigenvalue weighted by atomic mass is 10.2. The average Bonchev–Trinajstić information content (AvgIpc) is 2.50. The van der Waals surface area contributed by atoms with Gasteiger partial charge in [0.15, 0.2) is 11.5 Å². The summed E-state index contributed by atoms with van der Waals surface area (Å²) in [6, 6.07) is 7.65. The maximum Gasteiger partial charge on any atom is 0.161 e. The fourth-order valence-corrected chi connectivity index (χ4v) is 2.86. The quantitative estimate of drug-likeness (QED) is 0.721. The highest BCUT2D eigenvalue weighted by atomic mass is 16.5. The smallest absolute Gasteiger partial charge is 0.161 e. The van der Waals surface area contributed by atoms with E-state index in [1.807, 2.05) is 24.3 Å². The largest absolute Gasteiger partial charge is 0.493 e. The molecule has 1 unspecified atom stereocenters. The maximum atomic E-state index is 5.74. The van der Waals surface area contributed by atoms with Crippen LogP contribution in [-0.2, 0) is 9.47 Å². The number of para-hydroxylation sites is 2. The Morgan fingerprint density at radius 1 is 1.05 bits per heavy atom. The summed E-state index contributed by atoms with van der Waals surface area (Å²) in [5.41, 5.74) is 0. The van der Waals surface area contributed by atoms with E-state index in [1.54, 1.807) is 12.0 Å². The molecule has 1 aromatic carbocycles. The van der Waals surface area contributed by atoms with Gasteiger partial charge in [-0.05, 0) is 26.0 Å². The molecule has 5 heteroatoms. The van der Waals surface area contributed by atoms with Gasteiger partial charge in [-0.2, -0.15) is 0 Å². The molecule has 5 nitrogen and oxygen atoms in total. The van der Waals surface area contributed by atoms with E-state index in [0.717, 1.165) is 37.7 Å². The van der Waals surface area contributed by atoms with Crippen LogP contribution in [0.2, 0.25) is 0 Å². The standard InChI is InChI=1S/C17H27NO4/c1-14-12-18(13-15(2)22-14)8-9-20-10-11-21-17-7-5-4-6-16(17)19-3/h4-7,14-15H,8-13H2,1-3H3/p+1/t14-,15+. The highest BCUT2D eigenvalue weighted by molar-refractivity contribution is 5.39. The minimum atomic E-state index is 0.340. The lowest BCUT2D eigenvalue weighted by Crippen LogP contribution is -3.15. The predicted octanol–water partition coefficient (Wildman–Crippen LogP) is 0.783. The van der Waals surface area contributed by atoms with E-state index in [4.69, 9.17) is 18.9 Å². The van der Waals surface area contributed by atoms with Crippen LogP contribution in [0.5, 0.6) is 11.5 Å². The van der Waals surface area contributed by atoms with Crippen molar-refractivity contribution in [3.63, 3.8) is 0 Å². The van der Waals surface area contributed by atoms with E-state index in [9.17, 15) is 0 Å². The third kappa shape index (κ3) is 5.48. The molecule has 1 heterocycles. The first kappa shape index (κ1) is 17.1. The molecule has 2 rings (SSSR count). The number of hydrogen-bond acceptors (Lipinski definition) is 4. The highest BCUT2D eigenvalue weighted by Gasteiger charge is 2.24. The van der Waals surface area contributed by atoms with Crippen molar-refractivity contribution in [2.45, 2.75) is 26.1 Å². The first-order chi connectivity index (χ1) is 10.7. The Bertz CT molecular complexity index is 430. The van der Waals surface area contributed by atoms with Crippen LogP contribution in [0.25, 0.3) is 0 Å². The summed E-state index contributed by atoms with van der Waals surface area (Å²) in [6.45, 7) is 9.29. The summed E-state index contributed by atoms with van der Waals surface area (Å²) in [5, 5.41) is 0. The topological polar surface area (TPSA) is 41.4 Å². The molecular weight excluding hydrogens is 282 g/mol. The van der Waals surface area contributed by atoms with Gasteiger partial charge in [0.05, 0.1) is 20.3 Å². The van der Waals surface area contributed by atoms with Crippen molar-refractivity contribution in [3.8, 4) is 11.5 Å². The Balaban J connectivity index is 1.58. The Labute approximate surface area is 133 Å². The van der Waals surface area contributed by atoms with Crippen molar-refractivity contribution < 1.29 is 23.8 Å². The van der Waals surface area contributed by atoms with Crippen LogP contribution in [0.15, 0.2) is 24.3 Å². The summed E-state index contributed by atoms with van der Waals surface area (Å²) in [7, 11) is 1.64. The molecule has 1 N–H and O–H groups in total. The first-order valence-corrected chi connectivity index (χ1v) is 8.01. The molecule has 0 spiro atoms. The van der Waals surface area contributed by atoms with E-state index in [-0.39, 0.29) is 0 Å². The van der Waals surface area contributed by atoms with Crippen LogP contribution in [0.3, 0.4) is 0 Å². The molecule has 0 radical (unpaired) electrons. The number of ether oxygens (including phenoxy) is 4. The SMILES string of the molecule is COc1ccccc1OCCOCC[NH+]1C[C@@H](C)O[C@@H](C)C1. The van der Waals surface area contributed by atoms with Crippen LogP contribution < -0.4 is 14.4 Å². The number of quaternary nitrogens is 1. The molecule has 124 valence electrons. The van der Waals surface area contributed by atoms with E-state index in [1.165, 1.54) is 0 Å². The Morgan fingerprint density at radius 3 is 2.41 bits per heavy atom. The normalized spacial score (nSPS) is 25.0. The Kier molecular flexibility index (Phi) is 6.96. The summed E-state index contributed by atoms with van der Waals surface area (Å²) >= 11 is 0. The van der Waals surface area contributed by atoms with Crippen LogP contribution in [0.1, 0.15) is 13.8 Å². The number of rotatable bonds is 8. The van der Waals surface area contributed by atoms with Gasteiger partial charge < -0.3 is 23.8 Å². The average molecular weight is 310 g/mol. The number of methoxy groups -OCH3 is 1. The van der Waals surface area contributed by atoms with Crippen LogP contribution in [0, 0.1) is 0 Å². The van der Waals surface area contributed by atoms with Crippen molar-refractivity contribution in [3.05, 3.63) is 24.3 Å². The molecule has 0 bridgehead atoms. The summed E-state index contributed by atoms with van der Waals surface area (Å²) in [5.74, 6) is 1.51. The van der Waals surface area contributed by atoms with Crippen molar-refractivity contribution in [2.24, 2.45) is 0 Å². The molecule has 1 fully saturated rings. The van der Waals surface area contributed by atoms with E-state index in [0.29, 0.717) is 25.4 Å². The zero-order chi connectivity index (χ0) is 15.8. The third-order valence-electron chi connectivity index (χ3n) is 3.77. The van der Waals surface area contributed by atoms with Gasteiger partial charge in [0.25, 0.3) is 0 Å². The second-order valence-corrected chi connectivity index (χ2v) is 5.78. The minimum absolute atomic E-state index is 0.340. The number of morpholine rings is 1. The van der Waals surface area contributed by atoms with Gasteiger partial charge in [0.1, 0.15) is 38.4 Å². The fourth-order valence-electron chi connectivity index (χ4n) is 2.86. The molecule has 1 aromatic rings. The van der Waals surface area contributed by atoms with Crippen molar-refractivity contribution in [1.29, 1.82) is 0 Å². The van der Waals surface area contributed by atoms with Crippen molar-refractivity contribution in [1.82, 2.24) is 0 Å². The van der Waals surface area contributed by atoms with Crippen molar-refractivity contribution in [2.75, 3.05) is 46.6 Å². The van der Waals surface area contributed by atoms with Gasteiger partial charge in [0, 0.05) is 0 Å². The summed E-state index contributed by atoms with van der Waals surface area (Å²) < 4.78 is 22.3. The molecule has 1 saturated heterocycles. The summed E-state index contributed by atoms with van der Waals surface area (Å²) in [4.78, 5) is 1.55. The van der Waals surface area contributed by atoms with Crippen LogP contribution >= 0.6 is 0 Å². The second kappa shape index (κ2) is 8.98. The predicted molar refractivity (Wildman–Crippen MR) is 84.9 cm³/mol. The van der Waals surface area contributed by atoms with Crippen LogP contribution in [0.4, 0.5) is 0 Å². The van der Waals surface area contributed by atoms with E-state index >= 15 is 0 Å². The molecule has 1 aliphatic heterocycles. The van der Waals surface area contributed by atoms with E-state index < -0.39 is 0 Å². The number of hydrogen-bond donors (Lipinski definition) is 1. The Hall–Kier alpha value is -1.30. The van der Waals surface area contributed by atoms with Gasteiger partial charge in [-0.1, -0.05) is 12.1 Å². The minimum Gasteiger partial charge on any atom is -0.493 e. The molecule has 0 aromatic heterocycles. The monoisotopic (exact) mass is 310 g/mol. The van der Waals surface area contributed by atoms with Gasteiger partial charge in [-0.25, -0.2) is 0 Å². The van der Waals surface area contributed by atoms with Gasteiger partial charge in [-0.3, -0.25) is 0 Å². The maximum absolute atomic E-state index is 5.74. The molecule has 0 aliphatic carbocycles. The highest BCUT2D eigenvalue weighted by Crippen LogP contribution is 2.25. The van der Waals surface area contributed by atoms with Crippen molar-refractivity contribution >= 4 is 0 Å². The molecule has 22 heavy (non-hydrogen) atoms. The third-order valence-corrected chi connectivity index (χ3v) is 3.77. The number of benzene rings is 1.